The minimum atomic E-state index is -0.256. The number of halogens is 1. The van der Waals surface area contributed by atoms with E-state index in [2.05, 4.69) is 45.2 Å². The lowest BCUT2D eigenvalue weighted by atomic mass is 10.1. The average Bonchev–Trinajstić information content (AvgIpc) is 2.68. The summed E-state index contributed by atoms with van der Waals surface area (Å²) in [5.74, 6) is 0.504. The van der Waals surface area contributed by atoms with E-state index < -0.39 is 0 Å². The molecule has 7 heteroatoms. The van der Waals surface area contributed by atoms with Gasteiger partial charge in [0.25, 0.3) is 0 Å². The summed E-state index contributed by atoms with van der Waals surface area (Å²) in [6, 6.07) is 18.3. The Morgan fingerprint density at radius 2 is 1.57 bits per heavy atom. The second-order valence-electron chi connectivity index (χ2n) is 7.82. The van der Waals surface area contributed by atoms with E-state index in [1.165, 1.54) is 0 Å². The molecule has 0 aromatic heterocycles. The van der Waals surface area contributed by atoms with Crippen molar-refractivity contribution in [3.63, 3.8) is 0 Å². The Hall–Kier alpha value is -2.13. The van der Waals surface area contributed by atoms with E-state index in [4.69, 9.17) is 4.74 Å². The zero-order valence-corrected chi connectivity index (χ0v) is 20.5. The molecule has 1 amide bonds. The van der Waals surface area contributed by atoms with E-state index in [0.29, 0.717) is 25.7 Å². The molecule has 2 rings (SSSR count). The summed E-state index contributed by atoms with van der Waals surface area (Å²) in [7, 11) is 1.69. The number of hydrogen-bond acceptors (Lipinski definition) is 3. The Balaban J connectivity index is 0.00000450. The predicted octanol–water partition coefficient (Wildman–Crippen LogP) is 3.60. The molecule has 0 saturated carbocycles. The van der Waals surface area contributed by atoms with Gasteiger partial charge in [-0.1, -0.05) is 54.6 Å². The molecular formula is C23H33IN4O2. The number of guanidine groups is 1. The first kappa shape index (κ1) is 25.9. The molecule has 0 aliphatic carbocycles. The van der Waals surface area contributed by atoms with Crippen LogP contribution in [0.25, 0.3) is 0 Å². The van der Waals surface area contributed by atoms with Crippen LogP contribution in [-0.4, -0.2) is 31.0 Å². The summed E-state index contributed by atoms with van der Waals surface area (Å²) >= 11 is 0. The Morgan fingerprint density at radius 3 is 2.20 bits per heavy atom. The number of rotatable bonds is 8. The topological polar surface area (TPSA) is 74.8 Å². The highest BCUT2D eigenvalue weighted by atomic mass is 127. The van der Waals surface area contributed by atoms with Crippen molar-refractivity contribution < 1.29 is 9.53 Å². The Labute approximate surface area is 196 Å². The fourth-order valence-corrected chi connectivity index (χ4v) is 2.75. The molecule has 3 N–H and O–H groups in total. The van der Waals surface area contributed by atoms with Gasteiger partial charge in [0.15, 0.2) is 5.96 Å². The first-order valence-electron chi connectivity index (χ1n) is 9.81. The van der Waals surface area contributed by atoms with E-state index in [0.717, 1.165) is 16.7 Å². The minimum Gasteiger partial charge on any atom is -0.372 e. The van der Waals surface area contributed by atoms with Gasteiger partial charge in [-0.25, -0.2) is 0 Å². The second-order valence-corrected chi connectivity index (χ2v) is 7.82. The van der Waals surface area contributed by atoms with Gasteiger partial charge in [-0.2, -0.15) is 0 Å². The van der Waals surface area contributed by atoms with Gasteiger partial charge in [0.2, 0.25) is 5.91 Å². The molecule has 0 aliphatic rings. The molecule has 0 radical (unpaired) electrons. The van der Waals surface area contributed by atoms with E-state index in [1.54, 1.807) is 7.05 Å². The number of hydrogen-bond donors (Lipinski definition) is 3. The van der Waals surface area contributed by atoms with Crippen molar-refractivity contribution in [2.45, 2.75) is 46.1 Å². The van der Waals surface area contributed by atoms with Crippen LogP contribution in [-0.2, 0) is 29.3 Å². The SMILES string of the molecule is CN=C(NCC(=O)NC(C)(C)C)NCc1ccccc1COCc1ccccc1.I. The third kappa shape index (κ3) is 10.1. The average molecular weight is 524 g/mol. The van der Waals surface area contributed by atoms with Crippen molar-refractivity contribution in [2.24, 2.45) is 4.99 Å². The van der Waals surface area contributed by atoms with Gasteiger partial charge in [0, 0.05) is 19.1 Å². The third-order valence-electron chi connectivity index (χ3n) is 4.09. The summed E-state index contributed by atoms with van der Waals surface area (Å²) in [5.41, 5.74) is 3.15. The summed E-state index contributed by atoms with van der Waals surface area (Å²) in [5, 5.41) is 9.21. The van der Waals surface area contributed by atoms with Crippen molar-refractivity contribution in [2.75, 3.05) is 13.6 Å². The molecule has 164 valence electrons. The zero-order chi connectivity index (χ0) is 21.1. The highest BCUT2D eigenvalue weighted by molar-refractivity contribution is 14.0. The Bertz CT molecular complexity index is 804. The summed E-state index contributed by atoms with van der Waals surface area (Å²) in [4.78, 5) is 16.2. The molecule has 0 aliphatic heterocycles. The largest absolute Gasteiger partial charge is 0.372 e. The number of aliphatic imine (C=N–C) groups is 1. The minimum absolute atomic E-state index is 0. The Morgan fingerprint density at radius 1 is 0.933 bits per heavy atom. The van der Waals surface area contributed by atoms with Crippen LogP contribution in [0.1, 0.15) is 37.5 Å². The molecule has 2 aromatic rings. The molecule has 0 heterocycles. The maximum absolute atomic E-state index is 12.0. The molecule has 0 spiro atoms. The van der Waals surface area contributed by atoms with Crippen LogP contribution in [0.4, 0.5) is 0 Å². The first-order valence-corrected chi connectivity index (χ1v) is 9.81. The third-order valence-corrected chi connectivity index (χ3v) is 4.09. The molecule has 0 unspecified atom stereocenters. The van der Waals surface area contributed by atoms with Crippen LogP contribution in [0.3, 0.4) is 0 Å². The van der Waals surface area contributed by atoms with Gasteiger partial charge in [0.1, 0.15) is 0 Å². The molecular weight excluding hydrogens is 491 g/mol. The molecule has 0 bridgehead atoms. The highest BCUT2D eigenvalue weighted by Gasteiger charge is 2.13. The van der Waals surface area contributed by atoms with Gasteiger partial charge >= 0.3 is 0 Å². The lowest BCUT2D eigenvalue weighted by molar-refractivity contribution is -0.121. The fraction of sp³-hybridized carbons (Fsp3) is 0.391. The molecule has 0 atom stereocenters. The van der Waals surface area contributed by atoms with Gasteiger partial charge < -0.3 is 20.7 Å². The summed E-state index contributed by atoms with van der Waals surface area (Å²) in [6.07, 6.45) is 0. The van der Waals surface area contributed by atoms with Crippen molar-refractivity contribution in [3.05, 3.63) is 71.3 Å². The van der Waals surface area contributed by atoms with Crippen LogP contribution < -0.4 is 16.0 Å². The van der Waals surface area contributed by atoms with E-state index in [1.807, 2.05) is 51.1 Å². The molecule has 0 fully saturated rings. The van der Waals surface area contributed by atoms with Gasteiger partial charge in [-0.05, 0) is 37.5 Å². The maximum atomic E-state index is 12.0. The second kappa shape index (κ2) is 13.2. The van der Waals surface area contributed by atoms with Crippen molar-refractivity contribution in [3.8, 4) is 0 Å². The molecule has 2 aromatic carbocycles. The number of benzene rings is 2. The Kier molecular flexibility index (Phi) is 11.4. The molecule has 0 saturated heterocycles. The lowest BCUT2D eigenvalue weighted by Crippen LogP contribution is -2.48. The van der Waals surface area contributed by atoms with Crippen LogP contribution in [0.15, 0.2) is 59.6 Å². The number of carbonyl (C=O) groups excluding carboxylic acids is 1. The number of amides is 1. The van der Waals surface area contributed by atoms with Crippen LogP contribution in [0.2, 0.25) is 0 Å². The highest BCUT2D eigenvalue weighted by Crippen LogP contribution is 2.11. The number of nitrogens with zero attached hydrogens (tertiary/aromatic N) is 1. The first-order chi connectivity index (χ1) is 13.9. The number of nitrogens with one attached hydrogen (secondary N) is 3. The van der Waals surface area contributed by atoms with Gasteiger partial charge in [0.05, 0.1) is 19.8 Å². The number of carbonyl (C=O) groups is 1. The van der Waals surface area contributed by atoms with Crippen molar-refractivity contribution >= 4 is 35.8 Å². The normalized spacial score (nSPS) is 11.4. The van der Waals surface area contributed by atoms with Crippen molar-refractivity contribution in [1.82, 2.24) is 16.0 Å². The monoisotopic (exact) mass is 524 g/mol. The summed E-state index contributed by atoms with van der Waals surface area (Å²) in [6.45, 7) is 7.73. The van der Waals surface area contributed by atoms with E-state index in [-0.39, 0.29) is 42.0 Å². The molecule has 6 nitrogen and oxygen atoms in total. The van der Waals surface area contributed by atoms with Crippen molar-refractivity contribution in [1.29, 1.82) is 0 Å². The van der Waals surface area contributed by atoms with E-state index in [9.17, 15) is 4.79 Å². The number of ether oxygens (including phenoxy) is 1. The lowest BCUT2D eigenvalue weighted by Gasteiger charge is -2.21. The smallest absolute Gasteiger partial charge is 0.239 e. The van der Waals surface area contributed by atoms with E-state index >= 15 is 0 Å². The van der Waals surface area contributed by atoms with Crippen LogP contribution >= 0.6 is 24.0 Å². The fourth-order valence-electron chi connectivity index (χ4n) is 2.75. The van der Waals surface area contributed by atoms with Crippen LogP contribution in [0.5, 0.6) is 0 Å². The molecule has 30 heavy (non-hydrogen) atoms. The van der Waals surface area contributed by atoms with Gasteiger partial charge in [-0.15, -0.1) is 24.0 Å². The zero-order valence-electron chi connectivity index (χ0n) is 18.2. The van der Waals surface area contributed by atoms with Gasteiger partial charge in [-0.3, -0.25) is 9.79 Å². The standard InChI is InChI=1S/C23H32N4O2.HI/c1-23(2,3)27-21(28)15-26-22(24-4)25-14-19-12-8-9-13-20(19)17-29-16-18-10-6-5-7-11-18;/h5-13H,14-17H2,1-4H3,(H,27,28)(H2,24,25,26);1H. The predicted molar refractivity (Wildman–Crippen MR) is 133 cm³/mol. The summed E-state index contributed by atoms with van der Waals surface area (Å²) < 4.78 is 5.88. The quantitative estimate of drug-likeness (QED) is 0.280. The maximum Gasteiger partial charge on any atom is 0.239 e. The van der Waals surface area contributed by atoms with Crippen LogP contribution in [0, 0.1) is 0 Å².